The molecule has 0 spiro atoms. The van der Waals surface area contributed by atoms with E-state index in [4.69, 9.17) is 0 Å². The SMILES string of the molecule is C=C1C=C(C(=O)OC)N/C1=N/C=C\C. The first kappa shape index (κ1) is 10.2. The van der Waals surface area contributed by atoms with E-state index in [1.54, 1.807) is 18.4 Å². The van der Waals surface area contributed by atoms with Gasteiger partial charge in [-0.3, -0.25) is 0 Å². The van der Waals surface area contributed by atoms with E-state index in [-0.39, 0.29) is 0 Å². The van der Waals surface area contributed by atoms with Gasteiger partial charge in [-0.2, -0.15) is 0 Å². The minimum atomic E-state index is -0.420. The van der Waals surface area contributed by atoms with Crippen molar-refractivity contribution in [1.29, 1.82) is 0 Å². The third-order valence-electron chi connectivity index (χ3n) is 1.63. The quantitative estimate of drug-likeness (QED) is 0.667. The van der Waals surface area contributed by atoms with Gasteiger partial charge in [0.25, 0.3) is 0 Å². The molecule has 0 unspecified atom stereocenters. The number of hydrogen-bond donors (Lipinski definition) is 1. The van der Waals surface area contributed by atoms with Crippen LogP contribution in [0.15, 0.2) is 41.2 Å². The first-order chi connectivity index (χ1) is 6.69. The molecule has 4 nitrogen and oxygen atoms in total. The smallest absolute Gasteiger partial charge is 0.354 e. The van der Waals surface area contributed by atoms with Crippen LogP contribution in [0, 0.1) is 0 Å². The third kappa shape index (κ3) is 2.10. The Kier molecular flexibility index (Phi) is 3.23. The van der Waals surface area contributed by atoms with Crippen molar-refractivity contribution in [2.45, 2.75) is 6.92 Å². The molecule has 0 saturated carbocycles. The first-order valence-electron chi connectivity index (χ1n) is 4.14. The molecule has 1 aliphatic rings. The van der Waals surface area contributed by atoms with Gasteiger partial charge in [0, 0.05) is 11.8 Å². The van der Waals surface area contributed by atoms with Crippen molar-refractivity contribution in [3.05, 3.63) is 36.2 Å². The molecular weight excluding hydrogens is 180 g/mol. The van der Waals surface area contributed by atoms with Crippen molar-refractivity contribution in [2.75, 3.05) is 7.11 Å². The largest absolute Gasteiger partial charge is 0.464 e. The van der Waals surface area contributed by atoms with E-state index in [9.17, 15) is 4.79 Å². The van der Waals surface area contributed by atoms with Crippen LogP contribution in [-0.4, -0.2) is 18.9 Å². The van der Waals surface area contributed by atoms with Crippen molar-refractivity contribution in [1.82, 2.24) is 5.32 Å². The highest BCUT2D eigenvalue weighted by Gasteiger charge is 2.19. The molecule has 1 rings (SSSR count). The van der Waals surface area contributed by atoms with Gasteiger partial charge < -0.3 is 10.1 Å². The molecule has 1 N–H and O–H groups in total. The van der Waals surface area contributed by atoms with Crippen molar-refractivity contribution in [3.8, 4) is 0 Å². The fourth-order valence-electron chi connectivity index (χ4n) is 0.971. The second-order valence-electron chi connectivity index (χ2n) is 2.66. The van der Waals surface area contributed by atoms with Crippen LogP contribution < -0.4 is 5.32 Å². The van der Waals surface area contributed by atoms with Crippen LogP contribution in [0.1, 0.15) is 6.92 Å². The number of allylic oxidation sites excluding steroid dienone is 1. The zero-order valence-corrected chi connectivity index (χ0v) is 8.20. The molecular formula is C10H12N2O2. The molecule has 0 radical (unpaired) electrons. The average molecular weight is 192 g/mol. The first-order valence-corrected chi connectivity index (χ1v) is 4.14. The minimum absolute atomic E-state index is 0.362. The molecule has 14 heavy (non-hydrogen) atoms. The molecule has 0 aliphatic carbocycles. The van der Waals surface area contributed by atoms with E-state index < -0.39 is 5.97 Å². The van der Waals surface area contributed by atoms with Crippen LogP contribution in [0.4, 0.5) is 0 Å². The number of amidine groups is 1. The minimum Gasteiger partial charge on any atom is -0.464 e. The predicted molar refractivity (Wildman–Crippen MR) is 54.6 cm³/mol. The van der Waals surface area contributed by atoms with Crippen molar-refractivity contribution >= 4 is 11.8 Å². The summed E-state index contributed by atoms with van der Waals surface area (Å²) >= 11 is 0. The fraction of sp³-hybridized carbons (Fsp3) is 0.200. The Hall–Kier alpha value is -1.84. The van der Waals surface area contributed by atoms with Crippen LogP contribution in [0.2, 0.25) is 0 Å². The van der Waals surface area contributed by atoms with Gasteiger partial charge in [0.15, 0.2) is 0 Å². The highest BCUT2D eigenvalue weighted by molar-refractivity contribution is 6.10. The molecule has 1 heterocycles. The fourth-order valence-corrected chi connectivity index (χ4v) is 0.971. The number of carbonyl (C=O) groups is 1. The van der Waals surface area contributed by atoms with Crippen molar-refractivity contribution in [2.24, 2.45) is 4.99 Å². The van der Waals surface area contributed by atoms with Gasteiger partial charge in [0.05, 0.1) is 7.11 Å². The van der Waals surface area contributed by atoms with E-state index in [0.29, 0.717) is 17.1 Å². The van der Waals surface area contributed by atoms with E-state index >= 15 is 0 Å². The zero-order valence-electron chi connectivity index (χ0n) is 8.20. The maximum Gasteiger partial charge on any atom is 0.354 e. The molecule has 0 fully saturated rings. The second kappa shape index (κ2) is 4.41. The summed E-state index contributed by atoms with van der Waals surface area (Å²) in [6, 6.07) is 0. The van der Waals surface area contributed by atoms with Gasteiger partial charge >= 0.3 is 5.97 Å². The molecule has 0 saturated heterocycles. The van der Waals surface area contributed by atoms with Gasteiger partial charge in [-0.05, 0) is 13.0 Å². The molecule has 4 heteroatoms. The van der Waals surface area contributed by atoms with E-state index in [0.717, 1.165) is 0 Å². The van der Waals surface area contributed by atoms with E-state index in [1.807, 2.05) is 6.92 Å². The summed E-state index contributed by atoms with van der Waals surface area (Å²) in [5.74, 6) is 0.153. The van der Waals surface area contributed by atoms with E-state index in [2.05, 4.69) is 21.6 Å². The maximum absolute atomic E-state index is 11.1. The summed E-state index contributed by atoms with van der Waals surface area (Å²) < 4.78 is 4.55. The Balaban J connectivity index is 2.78. The molecule has 0 atom stereocenters. The normalized spacial score (nSPS) is 18.6. The number of ether oxygens (including phenoxy) is 1. The van der Waals surface area contributed by atoms with Crippen LogP contribution in [0.5, 0.6) is 0 Å². The van der Waals surface area contributed by atoms with Crippen LogP contribution in [0.3, 0.4) is 0 Å². The predicted octanol–water partition coefficient (Wildman–Crippen LogP) is 1.13. The highest BCUT2D eigenvalue weighted by atomic mass is 16.5. The molecule has 0 aromatic heterocycles. The Labute approximate surface area is 82.7 Å². The monoisotopic (exact) mass is 192 g/mol. The molecule has 74 valence electrons. The summed E-state index contributed by atoms with van der Waals surface area (Å²) in [6.07, 6.45) is 5.02. The average Bonchev–Trinajstić information content (AvgIpc) is 2.56. The lowest BCUT2D eigenvalue weighted by atomic mass is 10.3. The number of carbonyl (C=O) groups excluding carboxylic acids is 1. The van der Waals surface area contributed by atoms with Crippen LogP contribution >= 0.6 is 0 Å². The van der Waals surface area contributed by atoms with E-state index in [1.165, 1.54) is 7.11 Å². The van der Waals surface area contributed by atoms with Crippen molar-refractivity contribution < 1.29 is 9.53 Å². The lowest BCUT2D eigenvalue weighted by molar-refractivity contribution is -0.136. The van der Waals surface area contributed by atoms with Gasteiger partial charge in [-0.15, -0.1) is 0 Å². The van der Waals surface area contributed by atoms with Gasteiger partial charge in [-0.1, -0.05) is 12.7 Å². The maximum atomic E-state index is 11.1. The zero-order chi connectivity index (χ0) is 10.6. The Morgan fingerprint density at radius 2 is 2.43 bits per heavy atom. The standard InChI is InChI=1S/C10H12N2O2/c1-4-5-11-9-7(2)6-8(12-9)10(13)14-3/h4-6H,2H2,1,3H3,(H,11,12)/b5-4-. The lowest BCUT2D eigenvalue weighted by Gasteiger charge is -2.01. The third-order valence-corrected chi connectivity index (χ3v) is 1.63. The number of rotatable bonds is 2. The van der Waals surface area contributed by atoms with Crippen LogP contribution in [-0.2, 0) is 9.53 Å². The molecule has 0 aromatic rings. The number of esters is 1. The van der Waals surface area contributed by atoms with Gasteiger partial charge in [0.2, 0.25) is 0 Å². The number of hydrogen-bond acceptors (Lipinski definition) is 3. The summed E-state index contributed by atoms with van der Waals surface area (Å²) in [7, 11) is 1.33. The van der Waals surface area contributed by atoms with Crippen molar-refractivity contribution in [3.63, 3.8) is 0 Å². The summed E-state index contributed by atoms with van der Waals surface area (Å²) in [5.41, 5.74) is 1.03. The molecule has 1 aliphatic heterocycles. The second-order valence-corrected chi connectivity index (χ2v) is 2.66. The Morgan fingerprint density at radius 1 is 1.71 bits per heavy atom. The topological polar surface area (TPSA) is 50.7 Å². The van der Waals surface area contributed by atoms with Gasteiger partial charge in [-0.25, -0.2) is 9.79 Å². The van der Waals surface area contributed by atoms with Crippen LogP contribution in [0.25, 0.3) is 0 Å². The number of methoxy groups -OCH3 is 1. The summed E-state index contributed by atoms with van der Waals surface area (Å²) in [5, 5.41) is 2.81. The molecule has 0 amide bonds. The molecule has 0 bridgehead atoms. The highest BCUT2D eigenvalue weighted by Crippen LogP contribution is 2.10. The lowest BCUT2D eigenvalue weighted by Crippen LogP contribution is -2.22. The van der Waals surface area contributed by atoms with Gasteiger partial charge in [0.1, 0.15) is 11.5 Å². The number of nitrogens with one attached hydrogen (secondary N) is 1. The summed E-state index contributed by atoms with van der Waals surface area (Å²) in [4.78, 5) is 15.2. The number of aliphatic imine (C=N–C) groups is 1. The Bertz CT molecular complexity index is 351. The number of nitrogens with zero attached hydrogens (tertiary/aromatic N) is 1. The molecule has 0 aromatic carbocycles. The Morgan fingerprint density at radius 3 is 3.00 bits per heavy atom. The summed E-state index contributed by atoms with van der Waals surface area (Å²) in [6.45, 7) is 5.60.